The summed E-state index contributed by atoms with van der Waals surface area (Å²) in [6.07, 6.45) is 2.56. The Hall–Kier alpha value is -2.03. The van der Waals surface area contributed by atoms with Gasteiger partial charge in [-0.15, -0.1) is 0 Å². The van der Waals surface area contributed by atoms with Gasteiger partial charge in [-0.25, -0.2) is 0 Å². The van der Waals surface area contributed by atoms with Gasteiger partial charge in [0.25, 0.3) is 0 Å². The molecule has 0 amide bonds. The quantitative estimate of drug-likeness (QED) is 0.847. The molecule has 0 saturated carbocycles. The zero-order chi connectivity index (χ0) is 15.9. The second-order valence-corrected chi connectivity index (χ2v) is 6.41. The Kier molecular flexibility index (Phi) is 3.59. The van der Waals surface area contributed by atoms with E-state index in [1.807, 2.05) is 19.1 Å². The molecule has 2 aromatic rings. The van der Waals surface area contributed by atoms with Crippen LogP contribution in [0.1, 0.15) is 43.7 Å². The lowest BCUT2D eigenvalue weighted by Gasteiger charge is -2.40. The Morgan fingerprint density at radius 3 is 2.82 bits per heavy atom. The largest absolute Gasteiger partial charge is 0.508 e. The van der Waals surface area contributed by atoms with Crippen LogP contribution in [-0.4, -0.2) is 18.2 Å². The van der Waals surface area contributed by atoms with E-state index in [1.165, 1.54) is 23.6 Å². The first kappa shape index (κ1) is 14.9. The van der Waals surface area contributed by atoms with Gasteiger partial charge >= 0.3 is 5.97 Å². The Morgan fingerprint density at radius 1 is 1.36 bits per heavy atom. The number of benzene rings is 2. The average molecular weight is 298 g/mol. The molecule has 1 aliphatic carbocycles. The topological polar surface area (TPSA) is 46.5 Å². The summed E-state index contributed by atoms with van der Waals surface area (Å²) in [6.45, 7) is 4.15. The lowest BCUT2D eigenvalue weighted by Crippen LogP contribution is -2.39. The van der Waals surface area contributed by atoms with Crippen LogP contribution in [0.15, 0.2) is 30.3 Å². The molecule has 0 saturated heterocycles. The van der Waals surface area contributed by atoms with Crippen molar-refractivity contribution in [3.05, 3.63) is 41.5 Å². The van der Waals surface area contributed by atoms with E-state index in [2.05, 4.69) is 13.0 Å². The summed E-state index contributed by atoms with van der Waals surface area (Å²) in [5, 5.41) is 11.9. The monoisotopic (exact) mass is 298 g/mol. The third-order valence-electron chi connectivity index (χ3n) is 5.25. The van der Waals surface area contributed by atoms with Gasteiger partial charge in [0.15, 0.2) is 0 Å². The highest BCUT2D eigenvalue weighted by Crippen LogP contribution is 2.49. The van der Waals surface area contributed by atoms with Gasteiger partial charge < -0.3 is 9.84 Å². The first-order valence-corrected chi connectivity index (χ1v) is 7.84. The minimum absolute atomic E-state index is 0.115. The van der Waals surface area contributed by atoms with Crippen LogP contribution in [0.5, 0.6) is 5.75 Å². The van der Waals surface area contributed by atoms with E-state index in [-0.39, 0.29) is 17.6 Å². The van der Waals surface area contributed by atoms with Gasteiger partial charge in [-0.05, 0) is 66.1 Å². The number of phenols is 1. The van der Waals surface area contributed by atoms with Crippen LogP contribution in [0, 0.1) is 5.41 Å². The number of methoxy groups -OCH3 is 1. The highest BCUT2D eigenvalue weighted by molar-refractivity contribution is 5.89. The van der Waals surface area contributed by atoms with Crippen molar-refractivity contribution in [1.29, 1.82) is 0 Å². The smallest absolute Gasteiger partial charge is 0.312 e. The predicted molar refractivity (Wildman–Crippen MR) is 87.1 cm³/mol. The summed E-state index contributed by atoms with van der Waals surface area (Å²) in [5.74, 6) is 0.340. The normalized spacial score (nSPS) is 24.0. The van der Waals surface area contributed by atoms with Gasteiger partial charge in [-0.2, -0.15) is 0 Å². The van der Waals surface area contributed by atoms with E-state index in [0.29, 0.717) is 0 Å². The van der Waals surface area contributed by atoms with Crippen molar-refractivity contribution in [2.24, 2.45) is 5.41 Å². The molecule has 2 atom stereocenters. The zero-order valence-electron chi connectivity index (χ0n) is 13.3. The summed E-state index contributed by atoms with van der Waals surface area (Å²) in [7, 11) is 1.47. The summed E-state index contributed by atoms with van der Waals surface area (Å²) < 4.78 is 5.07. The van der Waals surface area contributed by atoms with Gasteiger partial charge in [0, 0.05) is 0 Å². The van der Waals surface area contributed by atoms with Crippen molar-refractivity contribution in [3.8, 4) is 5.75 Å². The molecule has 0 fully saturated rings. The summed E-state index contributed by atoms with van der Waals surface area (Å²) in [5.41, 5.74) is 2.10. The first-order valence-electron chi connectivity index (χ1n) is 7.84. The molecule has 1 N–H and O–H groups in total. The fourth-order valence-electron chi connectivity index (χ4n) is 4.05. The molecular weight excluding hydrogens is 276 g/mol. The van der Waals surface area contributed by atoms with E-state index in [0.717, 1.165) is 24.6 Å². The van der Waals surface area contributed by atoms with E-state index in [1.54, 1.807) is 12.1 Å². The van der Waals surface area contributed by atoms with Crippen LogP contribution in [0.2, 0.25) is 0 Å². The number of aromatic hydroxyl groups is 1. The molecule has 2 aromatic carbocycles. The molecule has 0 spiro atoms. The SMILES string of the molecule is CCC1c2ccc3cc(O)ccc3c2CCC1(C)C(=O)OC. The second kappa shape index (κ2) is 5.31. The number of hydrogen-bond donors (Lipinski definition) is 1. The standard InChI is InChI=1S/C19H22O3/c1-4-17-16-7-5-12-11-13(20)6-8-14(12)15(16)9-10-19(17,2)18(21)22-3/h5-8,11,17,20H,4,9-10H2,1-3H3. The van der Waals surface area contributed by atoms with E-state index in [9.17, 15) is 9.90 Å². The van der Waals surface area contributed by atoms with Crippen molar-refractivity contribution in [2.45, 2.75) is 39.0 Å². The number of fused-ring (bicyclic) bond motifs is 3. The molecule has 0 aromatic heterocycles. The van der Waals surface area contributed by atoms with Crippen molar-refractivity contribution >= 4 is 16.7 Å². The van der Waals surface area contributed by atoms with Crippen LogP contribution in [0.4, 0.5) is 0 Å². The fourth-order valence-corrected chi connectivity index (χ4v) is 4.05. The number of hydrogen-bond acceptors (Lipinski definition) is 3. The van der Waals surface area contributed by atoms with Gasteiger partial charge in [0.05, 0.1) is 12.5 Å². The predicted octanol–water partition coefficient (Wildman–Crippen LogP) is 4.16. The summed E-state index contributed by atoms with van der Waals surface area (Å²) in [6, 6.07) is 9.67. The Balaban J connectivity index is 2.18. The maximum Gasteiger partial charge on any atom is 0.312 e. The van der Waals surface area contributed by atoms with Crippen molar-refractivity contribution < 1.29 is 14.6 Å². The molecule has 0 aliphatic heterocycles. The van der Waals surface area contributed by atoms with Crippen LogP contribution < -0.4 is 0 Å². The average Bonchev–Trinajstić information content (AvgIpc) is 2.53. The molecule has 22 heavy (non-hydrogen) atoms. The van der Waals surface area contributed by atoms with Crippen LogP contribution in [-0.2, 0) is 16.0 Å². The first-order chi connectivity index (χ1) is 10.5. The highest BCUT2D eigenvalue weighted by atomic mass is 16.5. The molecule has 116 valence electrons. The number of aryl methyl sites for hydroxylation is 1. The van der Waals surface area contributed by atoms with Gasteiger partial charge in [-0.3, -0.25) is 4.79 Å². The Bertz CT molecular complexity index is 735. The number of phenolic OH excluding ortho intramolecular Hbond substituents is 1. The lowest BCUT2D eigenvalue weighted by molar-refractivity contribution is -0.154. The van der Waals surface area contributed by atoms with Gasteiger partial charge in [0.1, 0.15) is 5.75 Å². The Labute approximate surface area is 130 Å². The molecule has 0 heterocycles. The van der Waals surface area contributed by atoms with Crippen molar-refractivity contribution in [2.75, 3.05) is 7.11 Å². The minimum atomic E-state index is -0.457. The number of carbonyl (C=O) groups is 1. The number of ether oxygens (including phenoxy) is 1. The number of esters is 1. The molecule has 2 unspecified atom stereocenters. The van der Waals surface area contributed by atoms with Gasteiger partial charge in [-0.1, -0.05) is 25.1 Å². The fraction of sp³-hybridized carbons (Fsp3) is 0.421. The molecule has 0 radical (unpaired) electrons. The van der Waals surface area contributed by atoms with Gasteiger partial charge in [0.2, 0.25) is 0 Å². The van der Waals surface area contributed by atoms with Crippen LogP contribution >= 0.6 is 0 Å². The molecule has 3 heteroatoms. The summed E-state index contributed by atoms with van der Waals surface area (Å²) >= 11 is 0. The molecule has 3 rings (SSSR count). The number of carbonyl (C=O) groups excluding carboxylic acids is 1. The molecule has 0 bridgehead atoms. The Morgan fingerprint density at radius 2 is 2.14 bits per heavy atom. The molecule has 3 nitrogen and oxygen atoms in total. The maximum atomic E-state index is 12.3. The van der Waals surface area contributed by atoms with Crippen molar-refractivity contribution in [3.63, 3.8) is 0 Å². The highest BCUT2D eigenvalue weighted by Gasteiger charge is 2.45. The minimum Gasteiger partial charge on any atom is -0.508 e. The molecular formula is C19H22O3. The lowest BCUT2D eigenvalue weighted by atomic mass is 9.63. The zero-order valence-corrected chi connectivity index (χ0v) is 13.3. The number of rotatable bonds is 2. The molecule has 1 aliphatic rings. The van der Waals surface area contributed by atoms with Crippen LogP contribution in [0.3, 0.4) is 0 Å². The second-order valence-electron chi connectivity index (χ2n) is 6.41. The van der Waals surface area contributed by atoms with E-state index < -0.39 is 5.41 Å². The van der Waals surface area contributed by atoms with E-state index >= 15 is 0 Å². The third kappa shape index (κ3) is 2.07. The van der Waals surface area contributed by atoms with Crippen molar-refractivity contribution in [1.82, 2.24) is 0 Å². The van der Waals surface area contributed by atoms with E-state index in [4.69, 9.17) is 4.74 Å². The third-order valence-corrected chi connectivity index (χ3v) is 5.25. The summed E-state index contributed by atoms with van der Waals surface area (Å²) in [4.78, 5) is 12.3. The maximum absolute atomic E-state index is 12.3. The van der Waals surface area contributed by atoms with Crippen LogP contribution in [0.25, 0.3) is 10.8 Å².